The van der Waals surface area contributed by atoms with Crippen LogP contribution in [0.2, 0.25) is 0 Å². The van der Waals surface area contributed by atoms with Gasteiger partial charge >= 0.3 is 0 Å². The number of aromatic nitrogens is 1. The minimum Gasteiger partial charge on any atom is -0.325 e. The highest BCUT2D eigenvalue weighted by atomic mass is 15.1. The summed E-state index contributed by atoms with van der Waals surface area (Å²) in [6.07, 6.45) is 5.60. The maximum absolute atomic E-state index is 5.56. The summed E-state index contributed by atoms with van der Waals surface area (Å²) in [6, 6.07) is 4.05. The Balaban J connectivity index is 2.67. The van der Waals surface area contributed by atoms with Crippen LogP contribution >= 0.6 is 0 Å². The smallest absolute Gasteiger partial charge is 0.0542 e. The highest BCUT2D eigenvalue weighted by Crippen LogP contribution is 2.06. The topological polar surface area (TPSA) is 42.2 Å². The zero-order chi connectivity index (χ0) is 11.8. The van der Waals surface area contributed by atoms with Crippen molar-refractivity contribution in [3.63, 3.8) is 0 Å². The summed E-state index contributed by atoms with van der Waals surface area (Å²) in [5.74, 6) is 0. The van der Waals surface area contributed by atoms with E-state index in [4.69, 9.17) is 5.73 Å². The molecule has 3 heteroatoms. The predicted molar refractivity (Wildman–Crippen MR) is 67.8 cm³/mol. The van der Waals surface area contributed by atoms with Crippen LogP contribution in [-0.4, -0.2) is 23.0 Å². The van der Waals surface area contributed by atoms with E-state index in [1.807, 2.05) is 24.3 Å². The summed E-state index contributed by atoms with van der Waals surface area (Å²) in [7, 11) is 0. The van der Waals surface area contributed by atoms with Gasteiger partial charge in [0.15, 0.2) is 0 Å². The standard InChI is InChI=1S/C13H19N3/c1-3-7-16(8-4-2)11-12-5-6-15-13(9-12)10-14/h3-6,9H,1-2,7-8,10-11,14H2. The van der Waals surface area contributed by atoms with Crippen LogP contribution < -0.4 is 5.73 Å². The van der Waals surface area contributed by atoms with Crippen molar-refractivity contribution in [1.82, 2.24) is 9.88 Å². The maximum Gasteiger partial charge on any atom is 0.0542 e. The minimum absolute atomic E-state index is 0.483. The Bertz CT molecular complexity index is 337. The van der Waals surface area contributed by atoms with Gasteiger partial charge in [-0.05, 0) is 17.7 Å². The second-order valence-corrected chi connectivity index (χ2v) is 3.63. The van der Waals surface area contributed by atoms with E-state index in [-0.39, 0.29) is 0 Å². The van der Waals surface area contributed by atoms with Crippen molar-refractivity contribution in [3.8, 4) is 0 Å². The lowest BCUT2D eigenvalue weighted by atomic mass is 10.2. The largest absolute Gasteiger partial charge is 0.325 e. The van der Waals surface area contributed by atoms with Crippen molar-refractivity contribution in [1.29, 1.82) is 0 Å². The van der Waals surface area contributed by atoms with Gasteiger partial charge in [0.25, 0.3) is 0 Å². The fraction of sp³-hybridized carbons (Fsp3) is 0.308. The van der Waals surface area contributed by atoms with E-state index < -0.39 is 0 Å². The monoisotopic (exact) mass is 217 g/mol. The molecule has 0 bridgehead atoms. The van der Waals surface area contributed by atoms with Gasteiger partial charge in [-0.2, -0.15) is 0 Å². The summed E-state index contributed by atoms with van der Waals surface area (Å²) in [5.41, 5.74) is 7.71. The van der Waals surface area contributed by atoms with E-state index in [2.05, 4.69) is 23.0 Å². The Kier molecular flexibility index (Phi) is 5.46. The van der Waals surface area contributed by atoms with Crippen molar-refractivity contribution >= 4 is 0 Å². The highest BCUT2D eigenvalue weighted by molar-refractivity contribution is 5.16. The van der Waals surface area contributed by atoms with Gasteiger partial charge < -0.3 is 5.73 Å². The molecule has 1 rings (SSSR count). The van der Waals surface area contributed by atoms with Crippen molar-refractivity contribution in [2.75, 3.05) is 13.1 Å². The molecule has 0 saturated heterocycles. The number of pyridine rings is 1. The average Bonchev–Trinajstić information content (AvgIpc) is 2.30. The summed E-state index contributed by atoms with van der Waals surface area (Å²) >= 11 is 0. The second-order valence-electron chi connectivity index (χ2n) is 3.63. The van der Waals surface area contributed by atoms with E-state index in [9.17, 15) is 0 Å². The zero-order valence-corrected chi connectivity index (χ0v) is 9.60. The van der Waals surface area contributed by atoms with Gasteiger partial charge in [0.1, 0.15) is 0 Å². The zero-order valence-electron chi connectivity index (χ0n) is 9.60. The Morgan fingerprint density at radius 1 is 1.31 bits per heavy atom. The maximum atomic E-state index is 5.56. The molecule has 1 aromatic heterocycles. The number of hydrogen-bond donors (Lipinski definition) is 1. The molecule has 0 aromatic carbocycles. The molecule has 3 nitrogen and oxygen atoms in total. The predicted octanol–water partition coefficient (Wildman–Crippen LogP) is 1.71. The first-order valence-electron chi connectivity index (χ1n) is 5.38. The molecule has 0 amide bonds. The second kappa shape index (κ2) is 6.93. The minimum atomic E-state index is 0.483. The van der Waals surface area contributed by atoms with Gasteiger partial charge in [-0.1, -0.05) is 12.2 Å². The summed E-state index contributed by atoms with van der Waals surface area (Å²) in [5, 5.41) is 0. The lowest BCUT2D eigenvalue weighted by Crippen LogP contribution is -2.23. The highest BCUT2D eigenvalue weighted by Gasteiger charge is 2.03. The van der Waals surface area contributed by atoms with Crippen LogP contribution in [0, 0.1) is 0 Å². The number of rotatable bonds is 7. The molecule has 0 unspecified atom stereocenters. The normalized spacial score (nSPS) is 10.4. The Morgan fingerprint density at radius 2 is 2.00 bits per heavy atom. The van der Waals surface area contributed by atoms with E-state index in [1.54, 1.807) is 6.20 Å². The molecule has 1 heterocycles. The third-order valence-corrected chi connectivity index (χ3v) is 2.27. The SMILES string of the molecule is C=CCN(CC=C)Cc1ccnc(CN)c1. The van der Waals surface area contributed by atoms with Crippen molar-refractivity contribution < 1.29 is 0 Å². The Hall–Kier alpha value is -1.45. The molecular formula is C13H19N3. The van der Waals surface area contributed by atoms with E-state index in [0.29, 0.717) is 6.54 Å². The summed E-state index contributed by atoms with van der Waals surface area (Å²) < 4.78 is 0. The Morgan fingerprint density at radius 3 is 2.56 bits per heavy atom. The van der Waals surface area contributed by atoms with Gasteiger partial charge in [0.05, 0.1) is 5.69 Å². The van der Waals surface area contributed by atoms with Gasteiger partial charge in [0.2, 0.25) is 0 Å². The molecule has 0 spiro atoms. The van der Waals surface area contributed by atoms with Gasteiger partial charge in [-0.25, -0.2) is 0 Å². The number of nitrogens with zero attached hydrogens (tertiary/aromatic N) is 2. The molecule has 0 aliphatic heterocycles. The van der Waals surface area contributed by atoms with Crippen LogP contribution in [0.15, 0.2) is 43.6 Å². The van der Waals surface area contributed by atoms with E-state index in [0.717, 1.165) is 25.3 Å². The third kappa shape index (κ3) is 3.96. The third-order valence-electron chi connectivity index (χ3n) is 2.27. The molecule has 0 saturated carbocycles. The van der Waals surface area contributed by atoms with E-state index >= 15 is 0 Å². The van der Waals surface area contributed by atoms with Gasteiger partial charge in [-0.15, -0.1) is 13.2 Å². The lowest BCUT2D eigenvalue weighted by Gasteiger charge is -2.18. The Labute approximate surface area is 97.3 Å². The first kappa shape index (κ1) is 12.6. The van der Waals surface area contributed by atoms with Crippen LogP contribution in [0.3, 0.4) is 0 Å². The first-order chi connectivity index (χ1) is 7.80. The molecule has 0 aliphatic carbocycles. The van der Waals surface area contributed by atoms with Crippen LogP contribution in [0.5, 0.6) is 0 Å². The fourth-order valence-corrected chi connectivity index (χ4v) is 1.57. The molecule has 86 valence electrons. The number of hydrogen-bond acceptors (Lipinski definition) is 3. The van der Waals surface area contributed by atoms with Gasteiger partial charge in [-0.3, -0.25) is 9.88 Å². The average molecular weight is 217 g/mol. The fourth-order valence-electron chi connectivity index (χ4n) is 1.57. The van der Waals surface area contributed by atoms with Crippen molar-refractivity contribution in [3.05, 3.63) is 54.9 Å². The van der Waals surface area contributed by atoms with Crippen LogP contribution in [0.4, 0.5) is 0 Å². The van der Waals surface area contributed by atoms with Crippen LogP contribution in [0.1, 0.15) is 11.3 Å². The molecular weight excluding hydrogens is 198 g/mol. The molecule has 0 aliphatic rings. The molecule has 16 heavy (non-hydrogen) atoms. The van der Waals surface area contributed by atoms with Gasteiger partial charge in [0, 0.05) is 32.4 Å². The molecule has 1 aromatic rings. The molecule has 0 atom stereocenters. The quantitative estimate of drug-likeness (QED) is 0.707. The van der Waals surface area contributed by atoms with Crippen molar-refractivity contribution in [2.45, 2.75) is 13.1 Å². The van der Waals surface area contributed by atoms with Crippen molar-refractivity contribution in [2.24, 2.45) is 5.73 Å². The van der Waals surface area contributed by atoms with E-state index in [1.165, 1.54) is 5.56 Å². The molecule has 2 N–H and O–H groups in total. The number of nitrogens with two attached hydrogens (primary N) is 1. The van der Waals surface area contributed by atoms with Crippen LogP contribution in [-0.2, 0) is 13.1 Å². The first-order valence-corrected chi connectivity index (χ1v) is 5.38. The lowest BCUT2D eigenvalue weighted by molar-refractivity contribution is 0.327. The summed E-state index contributed by atoms with van der Waals surface area (Å²) in [4.78, 5) is 6.42. The van der Waals surface area contributed by atoms with Crippen LogP contribution in [0.25, 0.3) is 0 Å². The molecule has 0 fully saturated rings. The summed E-state index contributed by atoms with van der Waals surface area (Å²) in [6.45, 7) is 10.6. The molecule has 0 radical (unpaired) electrons.